The minimum atomic E-state index is -0.264. The van der Waals surface area contributed by atoms with Crippen LogP contribution in [-0.2, 0) is 6.42 Å². The molecule has 0 aliphatic carbocycles. The predicted octanol–water partition coefficient (Wildman–Crippen LogP) is 5.52. The largest absolute Gasteiger partial charge is 0.323 e. The summed E-state index contributed by atoms with van der Waals surface area (Å²) in [4.78, 5) is 16.9. The number of hydrogen-bond acceptors (Lipinski definition) is 2. The molecule has 2 heterocycles. The van der Waals surface area contributed by atoms with Gasteiger partial charge in [0, 0.05) is 29.3 Å². The lowest BCUT2D eigenvalue weighted by molar-refractivity contribution is 0.262. The van der Waals surface area contributed by atoms with Crippen LogP contribution < -0.4 is 10.6 Å². The summed E-state index contributed by atoms with van der Waals surface area (Å²) < 4.78 is 2.02. The van der Waals surface area contributed by atoms with Crippen molar-refractivity contribution in [2.75, 3.05) is 10.6 Å². The van der Waals surface area contributed by atoms with Gasteiger partial charge >= 0.3 is 6.03 Å². The summed E-state index contributed by atoms with van der Waals surface area (Å²) >= 11 is 0. The van der Waals surface area contributed by atoms with Crippen LogP contribution in [0.15, 0.2) is 73.1 Å². The summed E-state index contributed by atoms with van der Waals surface area (Å²) in [6, 6.07) is 19.3. The zero-order valence-corrected chi connectivity index (χ0v) is 15.9. The number of nitrogens with zero attached hydrogens (tertiary/aromatic N) is 2. The van der Waals surface area contributed by atoms with Gasteiger partial charge in [0.1, 0.15) is 5.65 Å². The number of nitrogens with one attached hydrogen (secondary N) is 2. The highest BCUT2D eigenvalue weighted by molar-refractivity contribution is 5.99. The molecule has 2 aromatic heterocycles. The molecule has 0 spiro atoms. The van der Waals surface area contributed by atoms with Gasteiger partial charge in [-0.25, -0.2) is 9.78 Å². The van der Waals surface area contributed by atoms with E-state index in [4.69, 9.17) is 4.98 Å². The highest BCUT2D eigenvalue weighted by Gasteiger charge is 2.07. The maximum atomic E-state index is 12.2. The fraction of sp³-hybridized carbons (Fsp3) is 0.130. The van der Waals surface area contributed by atoms with Crippen molar-refractivity contribution < 1.29 is 4.79 Å². The SMILES string of the molecule is CCc1ccc(NC(=O)Nc2ccc(-c3cn4cccc(C)c4n3)cc2)cc1. The van der Waals surface area contributed by atoms with Crippen LogP contribution in [0.5, 0.6) is 0 Å². The number of rotatable bonds is 4. The summed E-state index contributed by atoms with van der Waals surface area (Å²) in [7, 11) is 0. The number of benzene rings is 2. The molecule has 0 unspecified atom stereocenters. The van der Waals surface area contributed by atoms with Gasteiger partial charge in [0.25, 0.3) is 0 Å². The monoisotopic (exact) mass is 370 g/mol. The number of amides is 2. The average molecular weight is 370 g/mol. The van der Waals surface area contributed by atoms with Crippen molar-refractivity contribution in [3.8, 4) is 11.3 Å². The first kappa shape index (κ1) is 17.8. The number of pyridine rings is 1. The smallest absolute Gasteiger partial charge is 0.308 e. The summed E-state index contributed by atoms with van der Waals surface area (Å²) in [5.74, 6) is 0. The van der Waals surface area contributed by atoms with E-state index < -0.39 is 0 Å². The molecule has 0 atom stereocenters. The molecule has 5 nitrogen and oxygen atoms in total. The molecule has 4 aromatic rings. The van der Waals surface area contributed by atoms with Crippen molar-refractivity contribution in [1.29, 1.82) is 0 Å². The Morgan fingerprint density at radius 1 is 0.964 bits per heavy atom. The van der Waals surface area contributed by atoms with E-state index in [2.05, 4.69) is 17.6 Å². The van der Waals surface area contributed by atoms with Crippen LogP contribution in [0.25, 0.3) is 16.9 Å². The zero-order valence-electron chi connectivity index (χ0n) is 15.9. The van der Waals surface area contributed by atoms with Gasteiger partial charge in [0.05, 0.1) is 5.69 Å². The van der Waals surface area contributed by atoms with E-state index in [1.54, 1.807) is 0 Å². The molecule has 2 N–H and O–H groups in total. The molecular weight excluding hydrogens is 348 g/mol. The lowest BCUT2D eigenvalue weighted by Crippen LogP contribution is -2.19. The molecule has 0 aliphatic heterocycles. The Balaban J connectivity index is 1.44. The molecular formula is C23H22N4O. The van der Waals surface area contributed by atoms with Crippen LogP contribution in [0.3, 0.4) is 0 Å². The van der Waals surface area contributed by atoms with Gasteiger partial charge in [-0.3, -0.25) is 0 Å². The molecule has 2 amide bonds. The number of aromatic nitrogens is 2. The third-order valence-corrected chi connectivity index (χ3v) is 4.74. The predicted molar refractivity (Wildman–Crippen MR) is 114 cm³/mol. The Morgan fingerprint density at radius 2 is 1.61 bits per heavy atom. The summed E-state index contributed by atoms with van der Waals surface area (Å²) in [5.41, 5.74) is 6.73. The van der Waals surface area contributed by atoms with Crippen LogP contribution in [0.2, 0.25) is 0 Å². The van der Waals surface area contributed by atoms with Crippen LogP contribution in [0, 0.1) is 6.92 Å². The topological polar surface area (TPSA) is 58.4 Å². The number of urea groups is 1. The molecule has 5 heteroatoms. The van der Waals surface area contributed by atoms with Crippen molar-refractivity contribution in [3.05, 3.63) is 84.2 Å². The zero-order chi connectivity index (χ0) is 19.5. The quantitative estimate of drug-likeness (QED) is 0.497. The van der Waals surface area contributed by atoms with Gasteiger partial charge in [-0.2, -0.15) is 0 Å². The van der Waals surface area contributed by atoms with E-state index in [-0.39, 0.29) is 6.03 Å². The molecule has 4 rings (SSSR count). The first-order chi connectivity index (χ1) is 13.6. The highest BCUT2D eigenvalue weighted by atomic mass is 16.2. The third-order valence-electron chi connectivity index (χ3n) is 4.74. The second kappa shape index (κ2) is 7.56. The number of carbonyl (C=O) groups is 1. The van der Waals surface area contributed by atoms with Crippen molar-refractivity contribution >= 4 is 23.1 Å². The highest BCUT2D eigenvalue weighted by Crippen LogP contribution is 2.22. The average Bonchev–Trinajstić information content (AvgIpc) is 3.15. The Labute approximate surface area is 164 Å². The van der Waals surface area contributed by atoms with Crippen molar-refractivity contribution in [3.63, 3.8) is 0 Å². The molecule has 0 aliphatic rings. The Kier molecular flexibility index (Phi) is 4.81. The van der Waals surface area contributed by atoms with Crippen molar-refractivity contribution in [1.82, 2.24) is 9.38 Å². The number of fused-ring (bicyclic) bond motifs is 1. The van der Waals surface area contributed by atoms with E-state index in [1.165, 1.54) is 5.56 Å². The minimum Gasteiger partial charge on any atom is -0.308 e. The molecule has 0 saturated carbocycles. The molecule has 0 saturated heterocycles. The molecule has 140 valence electrons. The van der Waals surface area contributed by atoms with E-state index in [1.807, 2.05) is 84.4 Å². The van der Waals surface area contributed by atoms with Crippen molar-refractivity contribution in [2.24, 2.45) is 0 Å². The molecule has 0 bridgehead atoms. The van der Waals surface area contributed by atoms with E-state index in [0.717, 1.165) is 40.3 Å². The van der Waals surface area contributed by atoms with Crippen molar-refractivity contribution in [2.45, 2.75) is 20.3 Å². The molecule has 0 radical (unpaired) electrons. The molecule has 0 fully saturated rings. The summed E-state index contributed by atoms with van der Waals surface area (Å²) in [6.45, 7) is 4.15. The fourth-order valence-electron chi connectivity index (χ4n) is 3.13. The van der Waals surface area contributed by atoms with Crippen LogP contribution in [0.4, 0.5) is 16.2 Å². The second-order valence-electron chi connectivity index (χ2n) is 6.76. The number of anilines is 2. The lowest BCUT2D eigenvalue weighted by atomic mass is 10.1. The summed E-state index contributed by atoms with van der Waals surface area (Å²) in [6.07, 6.45) is 4.98. The Bertz CT molecular complexity index is 1110. The second-order valence-corrected chi connectivity index (χ2v) is 6.76. The maximum absolute atomic E-state index is 12.2. The molecule has 28 heavy (non-hydrogen) atoms. The van der Waals surface area contributed by atoms with Gasteiger partial charge in [0.15, 0.2) is 0 Å². The number of carbonyl (C=O) groups excluding carboxylic acids is 1. The Hall–Kier alpha value is -3.60. The first-order valence-electron chi connectivity index (χ1n) is 9.34. The van der Waals surface area contributed by atoms with Gasteiger partial charge < -0.3 is 15.0 Å². The van der Waals surface area contributed by atoms with Gasteiger partial charge in [0.2, 0.25) is 0 Å². The third kappa shape index (κ3) is 3.74. The first-order valence-corrected chi connectivity index (χ1v) is 9.34. The molecule has 2 aromatic carbocycles. The van der Waals surface area contributed by atoms with Crippen LogP contribution in [0.1, 0.15) is 18.1 Å². The number of aryl methyl sites for hydroxylation is 2. The van der Waals surface area contributed by atoms with Crippen LogP contribution >= 0.6 is 0 Å². The standard InChI is InChI=1S/C23H22N4O/c1-3-17-6-10-19(11-7-17)24-23(28)25-20-12-8-18(9-13-20)21-15-27-14-4-5-16(2)22(27)26-21/h4-15H,3H2,1-2H3,(H2,24,25,28). The number of imidazole rings is 1. The van der Waals surface area contributed by atoms with Gasteiger partial charge in [-0.05, 0) is 54.8 Å². The minimum absolute atomic E-state index is 0.264. The Morgan fingerprint density at radius 3 is 2.21 bits per heavy atom. The van der Waals surface area contributed by atoms with Gasteiger partial charge in [-0.1, -0.05) is 37.3 Å². The van der Waals surface area contributed by atoms with E-state index >= 15 is 0 Å². The van der Waals surface area contributed by atoms with Gasteiger partial charge in [-0.15, -0.1) is 0 Å². The lowest BCUT2D eigenvalue weighted by Gasteiger charge is -2.08. The van der Waals surface area contributed by atoms with E-state index in [9.17, 15) is 4.79 Å². The normalized spacial score (nSPS) is 10.8. The van der Waals surface area contributed by atoms with Crippen LogP contribution in [-0.4, -0.2) is 15.4 Å². The van der Waals surface area contributed by atoms with E-state index in [0.29, 0.717) is 0 Å². The number of hydrogen-bond donors (Lipinski definition) is 2. The summed E-state index contributed by atoms with van der Waals surface area (Å²) in [5, 5.41) is 5.70. The fourth-order valence-corrected chi connectivity index (χ4v) is 3.13. The maximum Gasteiger partial charge on any atom is 0.323 e.